The highest BCUT2D eigenvalue weighted by Crippen LogP contribution is 2.66. The van der Waals surface area contributed by atoms with Crippen molar-refractivity contribution in [3.05, 3.63) is 11.6 Å². The van der Waals surface area contributed by atoms with Crippen molar-refractivity contribution < 1.29 is 24.9 Å². The summed E-state index contributed by atoms with van der Waals surface area (Å²) in [6, 6.07) is 0. The van der Waals surface area contributed by atoms with Crippen molar-refractivity contribution in [2.75, 3.05) is 6.61 Å². The molecule has 3 fully saturated rings. The fourth-order valence-electron chi connectivity index (χ4n) is 7.12. The van der Waals surface area contributed by atoms with Crippen LogP contribution in [0.15, 0.2) is 11.6 Å². The van der Waals surface area contributed by atoms with Crippen LogP contribution in [0, 0.1) is 28.6 Å². The average molecular weight is 362 g/mol. The second kappa shape index (κ2) is 5.73. The number of rotatable bonds is 2. The van der Waals surface area contributed by atoms with Gasteiger partial charge in [0.15, 0.2) is 5.78 Å². The summed E-state index contributed by atoms with van der Waals surface area (Å²) in [5.74, 6) is 0.568. The number of carbonyl (C=O) groups excluding carboxylic acids is 2. The van der Waals surface area contributed by atoms with Crippen LogP contribution < -0.4 is 0 Å². The molecule has 0 saturated heterocycles. The molecule has 0 aliphatic heterocycles. The lowest BCUT2D eigenvalue weighted by molar-refractivity contribution is -0.187. The van der Waals surface area contributed by atoms with E-state index in [1.165, 1.54) is 0 Å². The number of fused-ring (bicyclic) bond motifs is 5. The van der Waals surface area contributed by atoms with Gasteiger partial charge < -0.3 is 15.3 Å². The lowest BCUT2D eigenvalue weighted by Gasteiger charge is -2.58. The molecule has 26 heavy (non-hydrogen) atoms. The van der Waals surface area contributed by atoms with Crippen LogP contribution in [0.25, 0.3) is 0 Å². The lowest BCUT2D eigenvalue weighted by atomic mass is 9.45. The molecular formula is C21H30O5. The predicted molar refractivity (Wildman–Crippen MR) is 95.1 cm³/mol. The molecule has 0 heterocycles. The SMILES string of the molecule is C[C@]12CCC(=O)C=C1CC[C@H]1[C@H]2C(=O)C[C@@]2(C)[C@H]1CC[C@]2(O)[C@@H](O)CO. The summed E-state index contributed by atoms with van der Waals surface area (Å²) in [5, 5.41) is 31.0. The van der Waals surface area contributed by atoms with Gasteiger partial charge in [-0.15, -0.1) is 0 Å². The van der Waals surface area contributed by atoms with Gasteiger partial charge in [0, 0.05) is 24.2 Å². The molecule has 0 unspecified atom stereocenters. The topological polar surface area (TPSA) is 94.8 Å². The van der Waals surface area contributed by atoms with Gasteiger partial charge in [-0.1, -0.05) is 19.4 Å². The fourth-order valence-corrected chi connectivity index (χ4v) is 7.12. The first-order chi connectivity index (χ1) is 12.2. The van der Waals surface area contributed by atoms with E-state index in [-0.39, 0.29) is 41.2 Å². The van der Waals surface area contributed by atoms with E-state index in [2.05, 4.69) is 6.92 Å². The zero-order valence-electron chi connectivity index (χ0n) is 15.7. The number of carbonyl (C=O) groups is 2. The first-order valence-corrected chi connectivity index (χ1v) is 9.95. The lowest BCUT2D eigenvalue weighted by Crippen LogP contribution is -2.62. The molecule has 0 aromatic rings. The molecule has 0 spiro atoms. The Labute approximate surface area is 154 Å². The number of Topliss-reactive ketones (excluding diaryl/α,β-unsaturated/α-hetero) is 1. The van der Waals surface area contributed by atoms with Gasteiger partial charge >= 0.3 is 0 Å². The van der Waals surface area contributed by atoms with Crippen molar-refractivity contribution in [1.82, 2.24) is 0 Å². The molecule has 5 heteroatoms. The van der Waals surface area contributed by atoms with Gasteiger partial charge in [-0.2, -0.15) is 0 Å². The fraction of sp³-hybridized carbons (Fsp3) is 0.810. The quantitative estimate of drug-likeness (QED) is 0.696. The Morgan fingerprint density at radius 3 is 2.62 bits per heavy atom. The number of aliphatic hydroxyl groups excluding tert-OH is 2. The summed E-state index contributed by atoms with van der Waals surface area (Å²) in [7, 11) is 0. The summed E-state index contributed by atoms with van der Waals surface area (Å²) >= 11 is 0. The molecule has 144 valence electrons. The Balaban J connectivity index is 1.74. The van der Waals surface area contributed by atoms with E-state index in [4.69, 9.17) is 0 Å². The van der Waals surface area contributed by atoms with Crippen LogP contribution >= 0.6 is 0 Å². The molecule has 4 rings (SSSR count). The molecular weight excluding hydrogens is 332 g/mol. The van der Waals surface area contributed by atoms with E-state index in [0.717, 1.165) is 31.3 Å². The zero-order chi connectivity index (χ0) is 18.9. The van der Waals surface area contributed by atoms with E-state index >= 15 is 0 Å². The summed E-state index contributed by atoms with van der Waals surface area (Å²) in [4.78, 5) is 25.2. The molecule has 3 saturated carbocycles. The number of hydrogen-bond donors (Lipinski definition) is 3. The Hall–Kier alpha value is -1.04. The number of aliphatic hydroxyl groups is 3. The predicted octanol–water partition coefficient (Wildman–Crippen LogP) is 1.78. The molecule has 4 aliphatic rings. The normalized spacial score (nSPS) is 49.1. The van der Waals surface area contributed by atoms with Crippen molar-refractivity contribution in [2.45, 2.75) is 70.5 Å². The monoisotopic (exact) mass is 362 g/mol. The van der Waals surface area contributed by atoms with Gasteiger partial charge in [-0.25, -0.2) is 0 Å². The van der Waals surface area contributed by atoms with E-state index in [1.807, 2.05) is 6.92 Å². The second-order valence-electron chi connectivity index (χ2n) is 9.56. The number of hydrogen-bond acceptors (Lipinski definition) is 5. The molecule has 0 aromatic carbocycles. The maximum Gasteiger partial charge on any atom is 0.155 e. The number of allylic oxidation sites excluding steroid dienone is 1. The minimum absolute atomic E-state index is 0.0951. The van der Waals surface area contributed by atoms with Crippen LogP contribution in [0.2, 0.25) is 0 Å². The Kier molecular flexibility index (Phi) is 4.04. The average Bonchev–Trinajstić information content (AvgIpc) is 2.86. The van der Waals surface area contributed by atoms with E-state index in [9.17, 15) is 24.9 Å². The van der Waals surface area contributed by atoms with Gasteiger partial charge in [0.05, 0.1) is 12.2 Å². The van der Waals surface area contributed by atoms with Crippen LogP contribution in [-0.2, 0) is 9.59 Å². The first kappa shape index (κ1) is 18.3. The first-order valence-electron chi connectivity index (χ1n) is 9.95. The van der Waals surface area contributed by atoms with Crippen LogP contribution in [-0.4, -0.2) is 45.2 Å². The summed E-state index contributed by atoms with van der Waals surface area (Å²) in [6.07, 6.45) is 4.93. The third kappa shape index (κ3) is 2.14. The minimum Gasteiger partial charge on any atom is -0.394 e. The highest BCUT2D eigenvalue weighted by molar-refractivity contribution is 5.93. The van der Waals surface area contributed by atoms with E-state index < -0.39 is 23.7 Å². The Bertz CT molecular complexity index is 684. The van der Waals surface area contributed by atoms with E-state index in [1.54, 1.807) is 6.08 Å². The Morgan fingerprint density at radius 1 is 1.19 bits per heavy atom. The van der Waals surface area contributed by atoms with Gasteiger partial charge in [0.25, 0.3) is 0 Å². The standard InChI is InChI=1S/C21H30O5/c1-19-7-5-13(23)9-12(19)3-4-14-15-6-8-21(26,17(25)11-22)20(15,2)10-16(24)18(14)19/h9,14-15,17-18,22,25-26H,3-8,10-11H2,1-2H3/t14-,15+,17+,18+,19+,20+,21+/m1/s1. The van der Waals surface area contributed by atoms with Gasteiger partial charge in [-0.05, 0) is 55.4 Å². The molecule has 0 amide bonds. The van der Waals surface area contributed by atoms with Crippen LogP contribution in [0.3, 0.4) is 0 Å². The van der Waals surface area contributed by atoms with Crippen molar-refractivity contribution >= 4 is 11.6 Å². The molecule has 0 aromatic heterocycles. The van der Waals surface area contributed by atoms with Crippen molar-refractivity contribution in [1.29, 1.82) is 0 Å². The third-order valence-corrected chi connectivity index (χ3v) is 8.59. The van der Waals surface area contributed by atoms with Gasteiger partial charge in [-0.3, -0.25) is 9.59 Å². The Morgan fingerprint density at radius 2 is 1.92 bits per heavy atom. The molecule has 7 atom stereocenters. The van der Waals surface area contributed by atoms with Crippen LogP contribution in [0.4, 0.5) is 0 Å². The molecule has 4 aliphatic carbocycles. The summed E-state index contributed by atoms with van der Waals surface area (Å²) < 4.78 is 0. The van der Waals surface area contributed by atoms with Crippen LogP contribution in [0.5, 0.6) is 0 Å². The van der Waals surface area contributed by atoms with E-state index in [0.29, 0.717) is 12.8 Å². The largest absolute Gasteiger partial charge is 0.394 e. The van der Waals surface area contributed by atoms with Gasteiger partial charge in [0.2, 0.25) is 0 Å². The highest BCUT2D eigenvalue weighted by Gasteiger charge is 2.68. The molecule has 5 nitrogen and oxygen atoms in total. The summed E-state index contributed by atoms with van der Waals surface area (Å²) in [6.45, 7) is 3.58. The van der Waals surface area contributed by atoms with Crippen molar-refractivity contribution in [3.63, 3.8) is 0 Å². The summed E-state index contributed by atoms with van der Waals surface area (Å²) in [5.41, 5.74) is -1.22. The molecule has 0 bridgehead atoms. The maximum atomic E-state index is 13.3. The highest BCUT2D eigenvalue weighted by atomic mass is 16.4. The number of ketones is 2. The van der Waals surface area contributed by atoms with Gasteiger partial charge in [0.1, 0.15) is 11.9 Å². The maximum absolute atomic E-state index is 13.3. The van der Waals surface area contributed by atoms with Crippen molar-refractivity contribution in [2.24, 2.45) is 28.6 Å². The van der Waals surface area contributed by atoms with Crippen LogP contribution in [0.1, 0.15) is 58.8 Å². The second-order valence-corrected chi connectivity index (χ2v) is 9.56. The third-order valence-electron chi connectivity index (χ3n) is 8.59. The minimum atomic E-state index is -1.41. The zero-order valence-corrected chi connectivity index (χ0v) is 15.7. The smallest absolute Gasteiger partial charge is 0.155 e. The van der Waals surface area contributed by atoms with Crippen molar-refractivity contribution in [3.8, 4) is 0 Å². The molecule has 0 radical (unpaired) electrons. The molecule has 3 N–H and O–H groups in total.